The molecule has 2 aromatic rings. The van der Waals surface area contributed by atoms with Gasteiger partial charge in [-0.1, -0.05) is 30.3 Å². The van der Waals surface area contributed by atoms with E-state index in [9.17, 15) is 8.60 Å². The summed E-state index contributed by atoms with van der Waals surface area (Å²) in [6.07, 6.45) is 0.961. The topological polar surface area (TPSA) is 53.5 Å². The van der Waals surface area contributed by atoms with Crippen molar-refractivity contribution in [3.8, 4) is 0 Å². The number of nitrogens with zero attached hydrogens (tertiary/aromatic N) is 1. The van der Waals surface area contributed by atoms with Crippen molar-refractivity contribution >= 4 is 28.5 Å². The molecule has 2 rings (SSSR count). The zero-order valence-corrected chi connectivity index (χ0v) is 17.1. The average Bonchev–Trinajstić information content (AvgIpc) is 2.68. The van der Waals surface area contributed by atoms with Crippen molar-refractivity contribution in [3.05, 3.63) is 66.0 Å². The SMILES string of the molecule is CN=C(NCCCSc1ccc(F)cc1)NCCS(=O)Cc1ccccc1. The molecule has 0 heterocycles. The van der Waals surface area contributed by atoms with E-state index in [1.54, 1.807) is 30.9 Å². The zero-order valence-electron chi connectivity index (χ0n) is 15.5. The van der Waals surface area contributed by atoms with Crippen LogP contribution in [-0.2, 0) is 16.6 Å². The summed E-state index contributed by atoms with van der Waals surface area (Å²) in [6.45, 7) is 1.41. The maximum absolute atomic E-state index is 12.9. The predicted molar refractivity (Wildman–Crippen MR) is 114 cm³/mol. The van der Waals surface area contributed by atoms with E-state index in [1.807, 2.05) is 30.3 Å². The predicted octanol–water partition coefficient (Wildman–Crippen LogP) is 3.42. The first kappa shape index (κ1) is 21.4. The molecule has 4 nitrogen and oxygen atoms in total. The van der Waals surface area contributed by atoms with E-state index in [0.29, 0.717) is 18.1 Å². The summed E-state index contributed by atoms with van der Waals surface area (Å²) in [5.74, 6) is 2.61. The number of guanidine groups is 1. The van der Waals surface area contributed by atoms with Crippen LogP contribution >= 0.6 is 11.8 Å². The molecule has 1 atom stereocenters. The normalized spacial score (nSPS) is 12.6. The highest BCUT2D eigenvalue weighted by Crippen LogP contribution is 2.18. The van der Waals surface area contributed by atoms with Crippen molar-refractivity contribution in [2.24, 2.45) is 4.99 Å². The van der Waals surface area contributed by atoms with Crippen LogP contribution in [0.15, 0.2) is 64.5 Å². The van der Waals surface area contributed by atoms with Crippen LogP contribution in [0.5, 0.6) is 0 Å². The average molecular weight is 408 g/mol. The van der Waals surface area contributed by atoms with Gasteiger partial charge in [0.15, 0.2) is 5.96 Å². The molecule has 0 amide bonds. The Morgan fingerprint density at radius 1 is 1.07 bits per heavy atom. The van der Waals surface area contributed by atoms with Crippen molar-refractivity contribution in [1.82, 2.24) is 10.6 Å². The third-order valence-electron chi connectivity index (χ3n) is 3.71. The third kappa shape index (κ3) is 9.06. The molecular formula is C20H26FN3OS2. The van der Waals surface area contributed by atoms with Crippen LogP contribution in [0.4, 0.5) is 4.39 Å². The number of benzene rings is 2. The minimum atomic E-state index is -0.896. The first-order chi connectivity index (χ1) is 13.2. The van der Waals surface area contributed by atoms with Crippen LogP contribution < -0.4 is 10.6 Å². The molecule has 0 saturated heterocycles. The van der Waals surface area contributed by atoms with E-state index < -0.39 is 10.8 Å². The quantitative estimate of drug-likeness (QED) is 0.274. The zero-order chi connectivity index (χ0) is 19.3. The molecule has 0 aliphatic rings. The molecule has 1 unspecified atom stereocenters. The summed E-state index contributed by atoms with van der Waals surface area (Å²) in [7, 11) is 0.829. The Bertz CT molecular complexity index is 724. The molecule has 146 valence electrons. The van der Waals surface area contributed by atoms with Crippen LogP contribution in [0.2, 0.25) is 0 Å². The van der Waals surface area contributed by atoms with Gasteiger partial charge in [-0.3, -0.25) is 9.20 Å². The number of thioether (sulfide) groups is 1. The van der Waals surface area contributed by atoms with Crippen LogP contribution in [0.25, 0.3) is 0 Å². The second-order valence-electron chi connectivity index (χ2n) is 5.86. The Kier molecular flexibility index (Phi) is 9.94. The Hall–Kier alpha value is -1.86. The van der Waals surface area contributed by atoms with Crippen molar-refractivity contribution < 1.29 is 8.60 Å². The summed E-state index contributed by atoms with van der Waals surface area (Å²) >= 11 is 1.70. The van der Waals surface area contributed by atoms with Gasteiger partial charge < -0.3 is 10.6 Å². The fraction of sp³-hybridized carbons (Fsp3) is 0.350. The second kappa shape index (κ2) is 12.5. The molecule has 0 radical (unpaired) electrons. The molecule has 7 heteroatoms. The summed E-state index contributed by atoms with van der Waals surface area (Å²) in [6, 6.07) is 16.4. The van der Waals surface area contributed by atoms with Crippen molar-refractivity contribution in [3.63, 3.8) is 0 Å². The van der Waals surface area contributed by atoms with E-state index in [-0.39, 0.29) is 5.82 Å². The van der Waals surface area contributed by atoms with Crippen molar-refractivity contribution in [2.45, 2.75) is 17.1 Å². The van der Waals surface area contributed by atoms with Gasteiger partial charge in [-0.05, 0) is 42.0 Å². The molecule has 2 aromatic carbocycles. The highest BCUT2D eigenvalue weighted by Gasteiger charge is 2.03. The maximum atomic E-state index is 12.9. The first-order valence-electron chi connectivity index (χ1n) is 8.89. The Morgan fingerprint density at radius 2 is 1.78 bits per heavy atom. The first-order valence-corrected chi connectivity index (χ1v) is 11.4. The van der Waals surface area contributed by atoms with Crippen LogP contribution in [0.1, 0.15) is 12.0 Å². The molecule has 0 aromatic heterocycles. The number of hydrogen-bond acceptors (Lipinski definition) is 3. The smallest absolute Gasteiger partial charge is 0.191 e. The number of aliphatic imine (C=N–C) groups is 1. The van der Waals surface area contributed by atoms with E-state index in [2.05, 4.69) is 15.6 Å². The second-order valence-corrected chi connectivity index (χ2v) is 8.60. The van der Waals surface area contributed by atoms with Gasteiger partial charge in [-0.25, -0.2) is 4.39 Å². The lowest BCUT2D eigenvalue weighted by molar-refractivity contribution is 0.626. The molecule has 0 saturated carbocycles. The standard InChI is InChI=1S/C20H26FN3OS2/c1-22-20(23-12-5-14-26-19-10-8-18(21)9-11-19)24-13-15-27(25)16-17-6-3-2-4-7-17/h2-4,6-11H,5,12-16H2,1H3,(H2,22,23,24). The van der Waals surface area contributed by atoms with E-state index in [1.165, 1.54) is 12.1 Å². The largest absolute Gasteiger partial charge is 0.356 e. The van der Waals surface area contributed by atoms with Crippen molar-refractivity contribution in [1.29, 1.82) is 0 Å². The summed E-state index contributed by atoms with van der Waals surface area (Å²) in [4.78, 5) is 5.25. The van der Waals surface area contributed by atoms with Crippen LogP contribution in [0, 0.1) is 5.82 Å². The van der Waals surface area contributed by atoms with Gasteiger partial charge in [0, 0.05) is 47.3 Å². The van der Waals surface area contributed by atoms with Crippen LogP contribution in [0.3, 0.4) is 0 Å². The third-order valence-corrected chi connectivity index (χ3v) is 6.13. The fourth-order valence-electron chi connectivity index (χ4n) is 2.34. The van der Waals surface area contributed by atoms with E-state index in [4.69, 9.17) is 0 Å². The minimum Gasteiger partial charge on any atom is -0.356 e. The monoisotopic (exact) mass is 407 g/mol. The molecule has 2 N–H and O–H groups in total. The summed E-state index contributed by atoms with van der Waals surface area (Å²) in [5.41, 5.74) is 1.09. The van der Waals surface area contributed by atoms with Gasteiger partial charge in [0.2, 0.25) is 0 Å². The highest BCUT2D eigenvalue weighted by molar-refractivity contribution is 7.99. The number of rotatable bonds is 10. The molecule has 0 fully saturated rings. The number of halogens is 1. The van der Waals surface area contributed by atoms with Gasteiger partial charge >= 0.3 is 0 Å². The minimum absolute atomic E-state index is 0.208. The lowest BCUT2D eigenvalue weighted by atomic mass is 10.2. The Morgan fingerprint density at radius 3 is 2.48 bits per heavy atom. The summed E-state index contributed by atoms with van der Waals surface area (Å²) < 4.78 is 25.0. The molecule has 0 bridgehead atoms. The molecule has 0 spiro atoms. The van der Waals surface area contributed by atoms with Crippen molar-refractivity contribution in [2.75, 3.05) is 31.6 Å². The highest BCUT2D eigenvalue weighted by atomic mass is 32.2. The van der Waals surface area contributed by atoms with Gasteiger partial charge in [0.25, 0.3) is 0 Å². The molecular weight excluding hydrogens is 381 g/mol. The van der Waals surface area contributed by atoms with Gasteiger partial charge in [0.05, 0.1) is 0 Å². The summed E-state index contributed by atoms with van der Waals surface area (Å²) in [5, 5.41) is 6.45. The Balaban J connectivity index is 1.56. The van der Waals surface area contributed by atoms with E-state index >= 15 is 0 Å². The lowest BCUT2D eigenvalue weighted by Gasteiger charge is -2.11. The molecule has 0 aliphatic heterocycles. The molecule has 0 aliphatic carbocycles. The van der Waals surface area contributed by atoms with Gasteiger partial charge in [-0.2, -0.15) is 0 Å². The number of nitrogens with one attached hydrogen (secondary N) is 2. The molecule has 27 heavy (non-hydrogen) atoms. The Labute approximate surface area is 167 Å². The number of hydrogen-bond donors (Lipinski definition) is 2. The lowest BCUT2D eigenvalue weighted by Crippen LogP contribution is -2.39. The van der Waals surface area contributed by atoms with Gasteiger partial charge in [-0.15, -0.1) is 11.8 Å². The fourth-order valence-corrected chi connectivity index (χ4v) is 4.23. The van der Waals surface area contributed by atoms with E-state index in [0.717, 1.165) is 35.1 Å². The van der Waals surface area contributed by atoms with Gasteiger partial charge in [0.1, 0.15) is 5.82 Å². The van der Waals surface area contributed by atoms with Crippen LogP contribution in [-0.4, -0.2) is 41.8 Å². The maximum Gasteiger partial charge on any atom is 0.191 e.